The first-order valence-corrected chi connectivity index (χ1v) is 9.08. The minimum atomic E-state index is 0.0734. The molecule has 0 atom stereocenters. The molecule has 0 saturated carbocycles. The molecule has 0 bridgehead atoms. The largest absolute Gasteiger partial charge is 0.379 e. The molecular formula is C17H26N2O2S. The molecule has 5 heteroatoms. The highest BCUT2D eigenvalue weighted by atomic mass is 32.2. The monoisotopic (exact) mass is 322 g/mol. The van der Waals surface area contributed by atoms with Gasteiger partial charge in [0.1, 0.15) is 0 Å². The van der Waals surface area contributed by atoms with Gasteiger partial charge in [-0.05, 0) is 23.6 Å². The van der Waals surface area contributed by atoms with Crippen LogP contribution in [0.5, 0.6) is 0 Å². The Bertz CT molecular complexity index is 456. The van der Waals surface area contributed by atoms with E-state index in [0.717, 1.165) is 44.3 Å². The number of nitrogens with one attached hydrogen (secondary N) is 1. The second kappa shape index (κ2) is 9.18. The number of carbonyl (C=O) groups is 1. The van der Waals surface area contributed by atoms with Crippen LogP contribution in [0.15, 0.2) is 24.3 Å². The Kier molecular flexibility index (Phi) is 7.22. The lowest BCUT2D eigenvalue weighted by atomic mass is 10.0. The van der Waals surface area contributed by atoms with Gasteiger partial charge < -0.3 is 10.1 Å². The van der Waals surface area contributed by atoms with Crippen LogP contribution in [0.25, 0.3) is 0 Å². The van der Waals surface area contributed by atoms with Crippen LogP contribution in [-0.4, -0.2) is 55.2 Å². The number of anilines is 1. The number of hydrogen-bond acceptors (Lipinski definition) is 4. The van der Waals surface area contributed by atoms with Crippen molar-refractivity contribution in [2.75, 3.05) is 49.7 Å². The van der Waals surface area contributed by atoms with Gasteiger partial charge in [0.15, 0.2) is 0 Å². The number of nitrogens with zero attached hydrogens (tertiary/aromatic N) is 1. The van der Waals surface area contributed by atoms with Gasteiger partial charge in [0, 0.05) is 31.1 Å². The maximum atomic E-state index is 11.9. The maximum Gasteiger partial charge on any atom is 0.234 e. The SMILES string of the molecule is CC(C)c1ccc(NC(=O)CSCCN2CCOCC2)cc1. The Labute approximate surface area is 137 Å². The number of benzene rings is 1. The van der Waals surface area contributed by atoms with Crippen molar-refractivity contribution in [1.82, 2.24) is 4.90 Å². The number of ether oxygens (including phenoxy) is 1. The van der Waals surface area contributed by atoms with Crippen molar-refractivity contribution in [2.24, 2.45) is 0 Å². The molecule has 1 aliphatic heterocycles. The molecule has 22 heavy (non-hydrogen) atoms. The minimum Gasteiger partial charge on any atom is -0.379 e. The number of morpholine rings is 1. The van der Waals surface area contributed by atoms with Gasteiger partial charge in [-0.15, -0.1) is 0 Å². The third-order valence-corrected chi connectivity index (χ3v) is 4.69. The summed E-state index contributed by atoms with van der Waals surface area (Å²) in [5.74, 6) is 2.08. The van der Waals surface area contributed by atoms with Gasteiger partial charge >= 0.3 is 0 Å². The van der Waals surface area contributed by atoms with Crippen LogP contribution < -0.4 is 5.32 Å². The van der Waals surface area contributed by atoms with Gasteiger partial charge in [0.05, 0.1) is 19.0 Å². The zero-order chi connectivity index (χ0) is 15.8. The molecule has 2 rings (SSSR count). The van der Waals surface area contributed by atoms with E-state index in [1.165, 1.54) is 5.56 Å². The maximum absolute atomic E-state index is 11.9. The Morgan fingerprint density at radius 3 is 2.59 bits per heavy atom. The average Bonchev–Trinajstić information content (AvgIpc) is 2.53. The molecule has 1 aromatic rings. The molecule has 4 nitrogen and oxygen atoms in total. The number of thioether (sulfide) groups is 1. The predicted molar refractivity (Wildman–Crippen MR) is 93.7 cm³/mol. The van der Waals surface area contributed by atoms with Crippen molar-refractivity contribution in [1.29, 1.82) is 0 Å². The Morgan fingerprint density at radius 1 is 1.27 bits per heavy atom. The Hall–Kier alpha value is -1.04. The van der Waals surface area contributed by atoms with Crippen molar-refractivity contribution in [3.63, 3.8) is 0 Å². The lowest BCUT2D eigenvalue weighted by Gasteiger charge is -2.26. The summed E-state index contributed by atoms with van der Waals surface area (Å²) in [6, 6.07) is 8.11. The second-order valence-corrected chi connectivity index (χ2v) is 6.94. The lowest BCUT2D eigenvalue weighted by molar-refractivity contribution is -0.113. The number of rotatable bonds is 7. The van der Waals surface area contributed by atoms with Gasteiger partial charge in [-0.3, -0.25) is 9.69 Å². The smallest absolute Gasteiger partial charge is 0.234 e. The first-order valence-electron chi connectivity index (χ1n) is 7.93. The Morgan fingerprint density at radius 2 is 1.95 bits per heavy atom. The van der Waals surface area contributed by atoms with E-state index in [2.05, 4.69) is 36.2 Å². The van der Waals surface area contributed by atoms with Crippen LogP contribution in [0.3, 0.4) is 0 Å². The molecule has 0 radical (unpaired) electrons. The Balaban J connectivity index is 1.62. The molecule has 1 N–H and O–H groups in total. The van der Waals surface area contributed by atoms with E-state index in [1.54, 1.807) is 11.8 Å². The number of carbonyl (C=O) groups excluding carboxylic acids is 1. The molecule has 0 aliphatic carbocycles. The van der Waals surface area contributed by atoms with Crippen molar-refractivity contribution in [3.8, 4) is 0 Å². The van der Waals surface area contributed by atoms with Crippen LogP contribution in [0.1, 0.15) is 25.3 Å². The fraction of sp³-hybridized carbons (Fsp3) is 0.588. The van der Waals surface area contributed by atoms with Crippen molar-refractivity contribution < 1.29 is 9.53 Å². The fourth-order valence-electron chi connectivity index (χ4n) is 2.33. The third kappa shape index (κ3) is 5.99. The molecule has 1 fully saturated rings. The zero-order valence-electron chi connectivity index (χ0n) is 13.5. The molecule has 0 aromatic heterocycles. The summed E-state index contributed by atoms with van der Waals surface area (Å²) in [7, 11) is 0. The van der Waals surface area contributed by atoms with E-state index in [1.807, 2.05) is 12.1 Å². The lowest BCUT2D eigenvalue weighted by Crippen LogP contribution is -2.37. The van der Waals surface area contributed by atoms with Crippen LogP contribution in [-0.2, 0) is 9.53 Å². The standard InChI is InChI=1S/C17H26N2O2S/c1-14(2)15-3-5-16(6-4-15)18-17(20)13-22-12-9-19-7-10-21-11-8-19/h3-6,14H,7-13H2,1-2H3,(H,18,20). The number of hydrogen-bond donors (Lipinski definition) is 1. The first kappa shape index (κ1) is 17.3. The summed E-state index contributed by atoms with van der Waals surface area (Å²) in [4.78, 5) is 14.3. The fourth-order valence-corrected chi connectivity index (χ4v) is 3.12. The van der Waals surface area contributed by atoms with E-state index >= 15 is 0 Å². The second-order valence-electron chi connectivity index (χ2n) is 5.83. The van der Waals surface area contributed by atoms with Crippen LogP contribution >= 0.6 is 11.8 Å². The molecule has 1 heterocycles. The predicted octanol–water partition coefficient (Wildman–Crippen LogP) is 2.81. The highest BCUT2D eigenvalue weighted by molar-refractivity contribution is 7.99. The topological polar surface area (TPSA) is 41.6 Å². The third-order valence-electron chi connectivity index (χ3n) is 3.75. The van der Waals surface area contributed by atoms with Crippen LogP contribution in [0, 0.1) is 0 Å². The quantitative estimate of drug-likeness (QED) is 0.784. The van der Waals surface area contributed by atoms with E-state index in [4.69, 9.17) is 4.74 Å². The van der Waals surface area contributed by atoms with E-state index in [9.17, 15) is 4.79 Å². The molecule has 0 spiro atoms. The summed E-state index contributed by atoms with van der Waals surface area (Å²) in [6.07, 6.45) is 0. The van der Waals surface area contributed by atoms with Crippen molar-refractivity contribution in [2.45, 2.75) is 19.8 Å². The van der Waals surface area contributed by atoms with Gasteiger partial charge in [0.25, 0.3) is 0 Å². The summed E-state index contributed by atoms with van der Waals surface area (Å²) in [5, 5.41) is 2.95. The van der Waals surface area contributed by atoms with Crippen molar-refractivity contribution >= 4 is 23.4 Å². The molecule has 1 aliphatic rings. The molecule has 1 saturated heterocycles. The van der Waals surface area contributed by atoms with E-state index in [-0.39, 0.29) is 5.91 Å². The van der Waals surface area contributed by atoms with Gasteiger partial charge in [-0.1, -0.05) is 26.0 Å². The zero-order valence-corrected chi connectivity index (χ0v) is 14.3. The average molecular weight is 322 g/mol. The first-order chi connectivity index (χ1) is 10.6. The molecule has 1 amide bonds. The van der Waals surface area contributed by atoms with Crippen molar-refractivity contribution in [3.05, 3.63) is 29.8 Å². The summed E-state index contributed by atoms with van der Waals surface area (Å²) in [5.41, 5.74) is 2.17. The highest BCUT2D eigenvalue weighted by Crippen LogP contribution is 2.17. The molecule has 122 valence electrons. The van der Waals surface area contributed by atoms with E-state index < -0.39 is 0 Å². The molecule has 1 aromatic carbocycles. The van der Waals surface area contributed by atoms with E-state index in [0.29, 0.717) is 11.7 Å². The summed E-state index contributed by atoms with van der Waals surface area (Å²) in [6.45, 7) is 9.04. The van der Waals surface area contributed by atoms with Crippen LogP contribution in [0.2, 0.25) is 0 Å². The highest BCUT2D eigenvalue weighted by Gasteiger charge is 2.10. The van der Waals surface area contributed by atoms with Gasteiger partial charge in [-0.25, -0.2) is 0 Å². The van der Waals surface area contributed by atoms with Gasteiger partial charge in [-0.2, -0.15) is 11.8 Å². The summed E-state index contributed by atoms with van der Waals surface area (Å²) >= 11 is 1.69. The molecular weight excluding hydrogens is 296 g/mol. The summed E-state index contributed by atoms with van der Waals surface area (Å²) < 4.78 is 5.32. The van der Waals surface area contributed by atoms with Gasteiger partial charge in [0.2, 0.25) is 5.91 Å². The van der Waals surface area contributed by atoms with Crippen LogP contribution in [0.4, 0.5) is 5.69 Å². The number of amides is 1. The molecule has 0 unspecified atom stereocenters. The minimum absolute atomic E-state index is 0.0734. The normalized spacial score (nSPS) is 16.0.